The molecule has 2 aromatic carbocycles. The molecule has 0 unspecified atom stereocenters. The molecular formula is C20H20N4O3S. The van der Waals surface area contributed by atoms with Crippen molar-refractivity contribution in [3.05, 3.63) is 72.4 Å². The number of nitrogens with zero attached hydrogens (tertiary/aromatic N) is 1. The van der Waals surface area contributed by atoms with Gasteiger partial charge in [-0.2, -0.15) is 0 Å². The van der Waals surface area contributed by atoms with Crippen LogP contribution in [0.5, 0.6) is 0 Å². The van der Waals surface area contributed by atoms with E-state index in [0.717, 1.165) is 11.3 Å². The molecule has 3 rings (SSSR count). The maximum absolute atomic E-state index is 12.4. The van der Waals surface area contributed by atoms with Gasteiger partial charge >= 0.3 is 0 Å². The molecule has 1 heterocycles. The second kappa shape index (κ2) is 8.10. The molecule has 1 aromatic heterocycles. The van der Waals surface area contributed by atoms with Crippen molar-refractivity contribution in [3.63, 3.8) is 0 Å². The summed E-state index contributed by atoms with van der Waals surface area (Å²) in [5, 5.41) is 5.86. The smallest absolute Gasteiger partial charge is 0.263 e. The van der Waals surface area contributed by atoms with Crippen molar-refractivity contribution < 1.29 is 13.2 Å². The quantitative estimate of drug-likeness (QED) is 0.587. The van der Waals surface area contributed by atoms with Crippen LogP contribution in [0, 0.1) is 6.92 Å². The number of carbonyl (C=O) groups is 1. The number of carbonyl (C=O) groups excluding carboxylic acids is 1. The van der Waals surface area contributed by atoms with E-state index in [-0.39, 0.29) is 16.6 Å². The average molecular weight is 396 g/mol. The maximum Gasteiger partial charge on any atom is 0.263 e. The summed E-state index contributed by atoms with van der Waals surface area (Å²) in [5.41, 5.74) is 3.08. The number of sulfonamides is 1. The lowest BCUT2D eigenvalue weighted by atomic mass is 10.2. The second-order valence-corrected chi connectivity index (χ2v) is 7.92. The number of amides is 1. The first-order valence-corrected chi connectivity index (χ1v) is 10.0. The summed E-state index contributed by atoms with van der Waals surface area (Å²) in [6.45, 7) is 3.28. The predicted octanol–water partition coefficient (Wildman–Crippen LogP) is 3.89. The third kappa shape index (κ3) is 5.08. The van der Waals surface area contributed by atoms with Crippen molar-refractivity contribution in [2.45, 2.75) is 18.7 Å². The fourth-order valence-electron chi connectivity index (χ4n) is 2.51. The number of aromatic nitrogens is 1. The summed E-state index contributed by atoms with van der Waals surface area (Å²) in [7, 11) is -3.69. The van der Waals surface area contributed by atoms with E-state index in [1.807, 2.05) is 25.1 Å². The summed E-state index contributed by atoms with van der Waals surface area (Å²) in [5.74, 6) is 0.0988. The topological polar surface area (TPSA) is 100 Å². The van der Waals surface area contributed by atoms with Crippen LogP contribution in [0.4, 0.5) is 22.9 Å². The average Bonchev–Trinajstić information content (AvgIpc) is 2.64. The Morgan fingerprint density at radius 2 is 1.61 bits per heavy atom. The monoisotopic (exact) mass is 396 g/mol. The lowest BCUT2D eigenvalue weighted by molar-refractivity contribution is -0.114. The van der Waals surface area contributed by atoms with Crippen LogP contribution in [-0.2, 0) is 14.8 Å². The van der Waals surface area contributed by atoms with Crippen molar-refractivity contribution in [3.8, 4) is 0 Å². The molecule has 0 aliphatic rings. The largest absolute Gasteiger partial charge is 0.354 e. The lowest BCUT2D eigenvalue weighted by Crippen LogP contribution is -2.14. The molecule has 8 heteroatoms. The summed E-state index contributed by atoms with van der Waals surface area (Å²) >= 11 is 0. The van der Waals surface area contributed by atoms with Gasteiger partial charge in [-0.15, -0.1) is 0 Å². The zero-order chi connectivity index (χ0) is 20.1. The predicted molar refractivity (Wildman–Crippen MR) is 110 cm³/mol. The Morgan fingerprint density at radius 3 is 2.21 bits per heavy atom. The standard InChI is InChI=1S/C20H20N4O3S/c1-14-4-3-5-19(12-14)28(26,27)24-20-11-10-18(13-21-20)23-17-8-6-16(7-9-17)22-15(2)25/h3-13,23H,1-2H3,(H,21,24)(H,22,25). The van der Waals surface area contributed by atoms with Crippen LogP contribution in [0.2, 0.25) is 0 Å². The van der Waals surface area contributed by atoms with Gasteiger partial charge in [0.05, 0.1) is 16.8 Å². The third-order valence-corrected chi connectivity index (χ3v) is 5.15. The first-order chi connectivity index (χ1) is 13.3. The number of benzene rings is 2. The molecule has 3 aromatic rings. The van der Waals surface area contributed by atoms with Gasteiger partial charge in [0.25, 0.3) is 10.0 Å². The van der Waals surface area contributed by atoms with Crippen molar-refractivity contribution in [2.24, 2.45) is 0 Å². The van der Waals surface area contributed by atoms with Crippen molar-refractivity contribution in [1.82, 2.24) is 4.98 Å². The molecule has 0 radical (unpaired) electrons. The van der Waals surface area contributed by atoms with Crippen LogP contribution in [0.15, 0.2) is 71.8 Å². The van der Waals surface area contributed by atoms with E-state index in [1.54, 1.807) is 36.4 Å². The number of aryl methyl sites for hydroxylation is 1. The number of nitrogens with one attached hydrogen (secondary N) is 3. The highest BCUT2D eigenvalue weighted by Crippen LogP contribution is 2.21. The van der Waals surface area contributed by atoms with Gasteiger partial charge in [0.15, 0.2) is 0 Å². The summed E-state index contributed by atoms with van der Waals surface area (Å²) < 4.78 is 27.4. The molecule has 0 atom stereocenters. The number of hydrogen-bond acceptors (Lipinski definition) is 5. The van der Waals surface area contributed by atoms with E-state index in [4.69, 9.17) is 0 Å². The Kier molecular flexibility index (Phi) is 5.60. The van der Waals surface area contributed by atoms with E-state index in [1.165, 1.54) is 19.2 Å². The van der Waals surface area contributed by atoms with Crippen LogP contribution >= 0.6 is 0 Å². The molecular weight excluding hydrogens is 376 g/mol. The van der Waals surface area contributed by atoms with E-state index in [9.17, 15) is 13.2 Å². The summed E-state index contributed by atoms with van der Waals surface area (Å²) in [6, 6.07) is 17.2. The van der Waals surface area contributed by atoms with Crippen LogP contribution < -0.4 is 15.4 Å². The summed E-state index contributed by atoms with van der Waals surface area (Å²) in [6.07, 6.45) is 1.54. The van der Waals surface area contributed by atoms with Gasteiger partial charge in [0, 0.05) is 18.3 Å². The normalized spacial score (nSPS) is 10.9. The molecule has 3 N–H and O–H groups in total. The Morgan fingerprint density at radius 1 is 0.929 bits per heavy atom. The van der Waals surface area contributed by atoms with Gasteiger partial charge < -0.3 is 10.6 Å². The number of rotatable bonds is 6. The summed E-state index contributed by atoms with van der Waals surface area (Å²) in [4.78, 5) is 15.4. The molecule has 28 heavy (non-hydrogen) atoms. The number of anilines is 4. The van der Waals surface area contributed by atoms with E-state index >= 15 is 0 Å². The molecule has 0 aliphatic heterocycles. The lowest BCUT2D eigenvalue weighted by Gasteiger charge is -2.10. The van der Waals surface area contributed by atoms with Gasteiger partial charge in [0.2, 0.25) is 5.91 Å². The minimum Gasteiger partial charge on any atom is -0.354 e. The maximum atomic E-state index is 12.4. The van der Waals surface area contributed by atoms with Crippen LogP contribution in [-0.4, -0.2) is 19.3 Å². The molecule has 1 amide bonds. The fourth-order valence-corrected chi connectivity index (χ4v) is 3.63. The minimum atomic E-state index is -3.69. The SMILES string of the molecule is CC(=O)Nc1ccc(Nc2ccc(NS(=O)(=O)c3cccc(C)c3)nc2)cc1. The Hall–Kier alpha value is -3.39. The van der Waals surface area contributed by atoms with E-state index in [0.29, 0.717) is 11.4 Å². The highest BCUT2D eigenvalue weighted by molar-refractivity contribution is 7.92. The zero-order valence-corrected chi connectivity index (χ0v) is 16.2. The fraction of sp³-hybridized carbons (Fsp3) is 0.100. The van der Waals surface area contributed by atoms with Crippen molar-refractivity contribution in [2.75, 3.05) is 15.4 Å². The van der Waals surface area contributed by atoms with Crippen molar-refractivity contribution >= 4 is 38.8 Å². The van der Waals surface area contributed by atoms with Gasteiger partial charge in [-0.1, -0.05) is 12.1 Å². The number of pyridine rings is 1. The minimum absolute atomic E-state index is 0.131. The molecule has 144 valence electrons. The van der Waals surface area contributed by atoms with Gasteiger partial charge in [0.1, 0.15) is 5.82 Å². The van der Waals surface area contributed by atoms with Gasteiger partial charge in [-0.05, 0) is 61.0 Å². The van der Waals surface area contributed by atoms with Crippen LogP contribution in [0.1, 0.15) is 12.5 Å². The Balaban J connectivity index is 1.67. The van der Waals surface area contributed by atoms with E-state index in [2.05, 4.69) is 20.3 Å². The number of hydrogen-bond donors (Lipinski definition) is 3. The molecule has 0 saturated heterocycles. The first kappa shape index (κ1) is 19.4. The highest BCUT2D eigenvalue weighted by Gasteiger charge is 2.14. The second-order valence-electron chi connectivity index (χ2n) is 6.24. The molecule has 0 aliphatic carbocycles. The Bertz CT molecular complexity index is 1080. The first-order valence-electron chi connectivity index (χ1n) is 8.52. The Labute approximate surface area is 163 Å². The molecule has 0 bridgehead atoms. The van der Waals surface area contributed by atoms with Gasteiger partial charge in [-0.25, -0.2) is 13.4 Å². The molecule has 0 fully saturated rings. The van der Waals surface area contributed by atoms with Crippen LogP contribution in [0.3, 0.4) is 0 Å². The van der Waals surface area contributed by atoms with Crippen LogP contribution in [0.25, 0.3) is 0 Å². The molecule has 0 saturated carbocycles. The van der Waals surface area contributed by atoms with E-state index < -0.39 is 10.0 Å². The highest BCUT2D eigenvalue weighted by atomic mass is 32.2. The third-order valence-electron chi connectivity index (χ3n) is 3.80. The molecule has 7 nitrogen and oxygen atoms in total. The zero-order valence-electron chi connectivity index (χ0n) is 15.4. The van der Waals surface area contributed by atoms with Crippen molar-refractivity contribution in [1.29, 1.82) is 0 Å². The molecule has 0 spiro atoms. The van der Waals surface area contributed by atoms with Gasteiger partial charge in [-0.3, -0.25) is 9.52 Å².